The smallest absolute Gasteiger partial charge is 0.136 e. The van der Waals surface area contributed by atoms with Gasteiger partial charge >= 0.3 is 0 Å². The van der Waals surface area contributed by atoms with E-state index in [0.29, 0.717) is 0 Å². The lowest BCUT2D eigenvalue weighted by atomic mass is 9.83. The third-order valence-electron chi connectivity index (χ3n) is 7.63. The van der Waals surface area contributed by atoms with Gasteiger partial charge in [0.25, 0.3) is 0 Å². The highest BCUT2D eigenvalue weighted by Crippen LogP contribution is 2.49. The van der Waals surface area contributed by atoms with Crippen LogP contribution in [0.15, 0.2) is 138 Å². The lowest BCUT2D eigenvalue weighted by molar-refractivity contribution is 0.669. The fraction of sp³-hybridized carbons (Fsp3) is 0. The molecule has 0 unspecified atom stereocenters. The Bertz CT molecular complexity index is 2070. The van der Waals surface area contributed by atoms with Crippen LogP contribution in [0.25, 0.3) is 76.5 Å². The van der Waals surface area contributed by atoms with E-state index < -0.39 is 0 Å². The summed E-state index contributed by atoms with van der Waals surface area (Å²) in [4.78, 5) is 0. The minimum atomic E-state index is 0.920. The summed E-state index contributed by atoms with van der Waals surface area (Å²) >= 11 is 0. The van der Waals surface area contributed by atoms with Gasteiger partial charge in [-0.3, -0.25) is 0 Å². The highest BCUT2D eigenvalue weighted by Gasteiger charge is 2.22. The first-order chi connectivity index (χ1) is 18.4. The Kier molecular flexibility index (Phi) is 4.29. The zero-order valence-electron chi connectivity index (χ0n) is 20.1. The predicted octanol–water partition coefficient (Wildman–Crippen LogP) is 10.4. The van der Waals surface area contributed by atoms with Crippen LogP contribution in [0.1, 0.15) is 0 Å². The van der Waals surface area contributed by atoms with Crippen molar-refractivity contribution in [3.05, 3.63) is 133 Å². The Morgan fingerprint density at radius 1 is 0.351 bits per heavy atom. The summed E-state index contributed by atoms with van der Waals surface area (Å²) in [5.74, 6) is 0. The quantitative estimate of drug-likeness (QED) is 0.229. The van der Waals surface area contributed by atoms with Gasteiger partial charge in [0.05, 0.1) is 0 Å². The Morgan fingerprint density at radius 2 is 0.865 bits per heavy atom. The van der Waals surface area contributed by atoms with Crippen molar-refractivity contribution in [1.82, 2.24) is 0 Å². The van der Waals surface area contributed by atoms with Crippen LogP contribution in [0, 0.1) is 0 Å². The molecule has 8 rings (SSSR count). The number of fused-ring (bicyclic) bond motifs is 6. The van der Waals surface area contributed by atoms with E-state index in [9.17, 15) is 0 Å². The summed E-state index contributed by atoms with van der Waals surface area (Å²) in [6.07, 6.45) is 0. The molecule has 1 nitrogen and oxygen atoms in total. The molecule has 0 aliphatic carbocycles. The second-order valence-electron chi connectivity index (χ2n) is 9.65. The number of benzene rings is 7. The SMILES string of the molecule is c1ccc(-c2c3ccccc3c(-c3c4ccccc4cc4oc5ccccc5c34)c3ccccc23)cc1. The molecular weight excluding hydrogens is 448 g/mol. The van der Waals surface area contributed by atoms with Crippen LogP contribution in [0.5, 0.6) is 0 Å². The van der Waals surface area contributed by atoms with Crippen LogP contribution in [-0.2, 0) is 0 Å². The molecule has 0 saturated carbocycles. The van der Waals surface area contributed by atoms with Gasteiger partial charge in [-0.1, -0.05) is 121 Å². The first-order valence-corrected chi connectivity index (χ1v) is 12.7. The van der Waals surface area contributed by atoms with Crippen molar-refractivity contribution in [1.29, 1.82) is 0 Å². The van der Waals surface area contributed by atoms with Gasteiger partial charge in [0.2, 0.25) is 0 Å². The van der Waals surface area contributed by atoms with E-state index in [1.807, 2.05) is 6.07 Å². The van der Waals surface area contributed by atoms with Crippen molar-refractivity contribution < 1.29 is 4.42 Å². The standard InChI is InChI=1S/C36H22O/c1-2-12-23(13-3-1)33-26-16-6-8-18-28(26)34(29-19-9-7-17-27(29)33)36-25-15-5-4-14-24(25)22-32-35(36)30-20-10-11-21-31(30)37-32/h1-22H. The Balaban J connectivity index is 1.67. The monoisotopic (exact) mass is 470 g/mol. The number of hydrogen-bond acceptors (Lipinski definition) is 1. The molecular formula is C36H22O. The molecule has 0 amide bonds. The Hall–Kier alpha value is -4.88. The number of para-hydroxylation sites is 1. The molecule has 37 heavy (non-hydrogen) atoms. The topological polar surface area (TPSA) is 13.1 Å². The van der Waals surface area contributed by atoms with Crippen LogP contribution in [0.3, 0.4) is 0 Å². The summed E-state index contributed by atoms with van der Waals surface area (Å²) in [6, 6.07) is 47.7. The zero-order valence-corrected chi connectivity index (χ0v) is 20.1. The van der Waals surface area contributed by atoms with Crippen molar-refractivity contribution in [3.8, 4) is 22.3 Å². The summed E-state index contributed by atoms with van der Waals surface area (Å²) < 4.78 is 6.44. The third-order valence-corrected chi connectivity index (χ3v) is 7.63. The molecule has 0 atom stereocenters. The van der Waals surface area contributed by atoms with Gasteiger partial charge in [-0.05, 0) is 61.1 Å². The van der Waals surface area contributed by atoms with Crippen LogP contribution < -0.4 is 0 Å². The van der Waals surface area contributed by atoms with Crippen molar-refractivity contribution in [2.45, 2.75) is 0 Å². The molecule has 0 spiro atoms. The second-order valence-corrected chi connectivity index (χ2v) is 9.65. The number of rotatable bonds is 2. The van der Waals surface area contributed by atoms with Crippen LogP contribution in [0.2, 0.25) is 0 Å². The van der Waals surface area contributed by atoms with Gasteiger partial charge in [-0.15, -0.1) is 0 Å². The molecule has 1 heterocycles. The molecule has 0 saturated heterocycles. The molecule has 0 bridgehead atoms. The second kappa shape index (κ2) is 7.81. The first kappa shape index (κ1) is 20.3. The fourth-order valence-electron chi connectivity index (χ4n) is 6.12. The Labute approximate surface area is 214 Å². The van der Waals surface area contributed by atoms with Gasteiger partial charge in [-0.25, -0.2) is 0 Å². The van der Waals surface area contributed by atoms with Crippen LogP contribution in [-0.4, -0.2) is 0 Å². The van der Waals surface area contributed by atoms with Crippen molar-refractivity contribution in [3.63, 3.8) is 0 Å². The average molecular weight is 471 g/mol. The highest BCUT2D eigenvalue weighted by molar-refractivity contribution is 6.29. The number of furan rings is 1. The summed E-state index contributed by atoms with van der Waals surface area (Å²) in [6.45, 7) is 0. The van der Waals surface area contributed by atoms with Crippen molar-refractivity contribution in [2.75, 3.05) is 0 Å². The largest absolute Gasteiger partial charge is 0.456 e. The summed E-state index contributed by atoms with van der Waals surface area (Å²) in [7, 11) is 0. The molecule has 0 radical (unpaired) electrons. The number of hydrogen-bond donors (Lipinski definition) is 0. The van der Waals surface area contributed by atoms with E-state index in [1.165, 1.54) is 60.0 Å². The van der Waals surface area contributed by atoms with E-state index in [4.69, 9.17) is 4.42 Å². The minimum absolute atomic E-state index is 0.920. The van der Waals surface area contributed by atoms with Gasteiger partial charge < -0.3 is 4.42 Å². The normalized spacial score (nSPS) is 11.8. The molecule has 1 aromatic heterocycles. The molecule has 0 N–H and O–H groups in total. The average Bonchev–Trinajstić information content (AvgIpc) is 3.33. The van der Waals surface area contributed by atoms with Crippen molar-refractivity contribution >= 4 is 54.3 Å². The van der Waals surface area contributed by atoms with E-state index in [1.54, 1.807) is 0 Å². The fourth-order valence-corrected chi connectivity index (χ4v) is 6.12. The molecule has 7 aromatic carbocycles. The minimum Gasteiger partial charge on any atom is -0.456 e. The highest BCUT2D eigenvalue weighted by atomic mass is 16.3. The molecule has 1 heteroatoms. The zero-order chi connectivity index (χ0) is 24.3. The maximum Gasteiger partial charge on any atom is 0.136 e. The van der Waals surface area contributed by atoms with Crippen LogP contribution in [0.4, 0.5) is 0 Å². The maximum atomic E-state index is 6.44. The molecule has 0 aliphatic rings. The summed E-state index contributed by atoms with van der Waals surface area (Å²) in [5.41, 5.74) is 6.87. The van der Waals surface area contributed by atoms with Gasteiger partial charge in [-0.2, -0.15) is 0 Å². The maximum absolute atomic E-state index is 6.44. The van der Waals surface area contributed by atoms with E-state index in [-0.39, 0.29) is 0 Å². The lowest BCUT2D eigenvalue weighted by Gasteiger charge is -2.19. The van der Waals surface area contributed by atoms with Gasteiger partial charge in [0.1, 0.15) is 11.2 Å². The molecule has 8 aromatic rings. The Morgan fingerprint density at radius 3 is 1.54 bits per heavy atom. The van der Waals surface area contributed by atoms with Gasteiger partial charge in [0, 0.05) is 16.3 Å². The summed E-state index contributed by atoms with van der Waals surface area (Å²) in [5, 5.41) is 9.78. The predicted molar refractivity (Wildman–Crippen MR) is 157 cm³/mol. The lowest BCUT2D eigenvalue weighted by Crippen LogP contribution is -1.92. The third kappa shape index (κ3) is 2.92. The molecule has 0 aliphatic heterocycles. The van der Waals surface area contributed by atoms with Crippen LogP contribution >= 0.6 is 0 Å². The first-order valence-electron chi connectivity index (χ1n) is 12.7. The van der Waals surface area contributed by atoms with E-state index in [0.717, 1.165) is 16.6 Å². The van der Waals surface area contributed by atoms with E-state index in [2.05, 4.69) is 127 Å². The van der Waals surface area contributed by atoms with Gasteiger partial charge in [0.15, 0.2) is 0 Å². The van der Waals surface area contributed by atoms with E-state index >= 15 is 0 Å². The molecule has 172 valence electrons. The molecule has 0 fully saturated rings. The van der Waals surface area contributed by atoms with Crippen molar-refractivity contribution in [2.24, 2.45) is 0 Å².